The van der Waals surface area contributed by atoms with E-state index in [2.05, 4.69) is 26.3 Å². The largest absolute Gasteiger partial charge is 0.308 e. The molecule has 0 saturated carbocycles. The van der Waals surface area contributed by atoms with Gasteiger partial charge in [-0.2, -0.15) is 5.10 Å². The summed E-state index contributed by atoms with van der Waals surface area (Å²) in [6.45, 7) is 3.93. The predicted octanol–water partition coefficient (Wildman–Crippen LogP) is 3.81. The molecule has 0 aliphatic rings. The summed E-state index contributed by atoms with van der Waals surface area (Å²) < 4.78 is 30.5. The minimum Gasteiger partial charge on any atom is -0.308 e. The molecule has 0 bridgehead atoms. The highest BCUT2D eigenvalue weighted by molar-refractivity contribution is 9.10. The van der Waals surface area contributed by atoms with Crippen molar-refractivity contribution in [3.8, 4) is 0 Å². The van der Waals surface area contributed by atoms with Crippen molar-refractivity contribution in [2.75, 3.05) is 7.05 Å². The van der Waals surface area contributed by atoms with Crippen LogP contribution in [0.4, 0.5) is 8.78 Å². The molecule has 2 rings (SSSR count). The van der Waals surface area contributed by atoms with E-state index in [0.717, 1.165) is 0 Å². The number of nitrogens with one attached hydrogen (secondary N) is 1. The van der Waals surface area contributed by atoms with Crippen LogP contribution in [-0.4, -0.2) is 16.8 Å². The normalized spacial score (nSPS) is 12.9. The lowest BCUT2D eigenvalue weighted by Gasteiger charge is -2.22. The van der Waals surface area contributed by atoms with Crippen LogP contribution in [0.25, 0.3) is 0 Å². The number of hydrogen-bond acceptors (Lipinski definition) is 2. The fourth-order valence-electron chi connectivity index (χ4n) is 2.24. The first-order chi connectivity index (χ1) is 9.47. The van der Waals surface area contributed by atoms with Gasteiger partial charge in [-0.3, -0.25) is 4.68 Å². The van der Waals surface area contributed by atoms with Crippen molar-refractivity contribution in [3.05, 3.63) is 51.8 Å². The van der Waals surface area contributed by atoms with Crippen LogP contribution in [0.15, 0.2) is 28.9 Å². The molecule has 0 spiro atoms. The number of aromatic nitrogens is 2. The molecule has 0 aliphatic carbocycles. The number of benzene rings is 1. The Bertz CT molecular complexity index is 590. The maximum Gasteiger partial charge on any atom is 0.131 e. The van der Waals surface area contributed by atoms with Gasteiger partial charge >= 0.3 is 0 Å². The predicted molar refractivity (Wildman–Crippen MR) is 77.6 cm³/mol. The van der Waals surface area contributed by atoms with Crippen molar-refractivity contribution in [2.45, 2.75) is 25.9 Å². The smallest absolute Gasteiger partial charge is 0.131 e. The molecule has 3 nitrogen and oxygen atoms in total. The summed E-state index contributed by atoms with van der Waals surface area (Å²) >= 11 is 3.41. The first-order valence-electron chi connectivity index (χ1n) is 6.31. The third-order valence-electron chi connectivity index (χ3n) is 3.13. The van der Waals surface area contributed by atoms with E-state index in [4.69, 9.17) is 0 Å². The average molecular weight is 344 g/mol. The Labute approximate surface area is 125 Å². The van der Waals surface area contributed by atoms with E-state index < -0.39 is 17.7 Å². The van der Waals surface area contributed by atoms with Crippen LogP contribution in [0.5, 0.6) is 0 Å². The molecule has 1 heterocycles. The van der Waals surface area contributed by atoms with Gasteiger partial charge in [-0.05, 0) is 49.0 Å². The maximum absolute atomic E-state index is 14.0. The van der Waals surface area contributed by atoms with Gasteiger partial charge in [0.05, 0.1) is 22.4 Å². The molecule has 1 aromatic heterocycles. The zero-order valence-corrected chi connectivity index (χ0v) is 13.1. The van der Waals surface area contributed by atoms with Gasteiger partial charge in [0.2, 0.25) is 0 Å². The van der Waals surface area contributed by atoms with Crippen LogP contribution in [0.2, 0.25) is 0 Å². The van der Waals surface area contributed by atoms with E-state index in [1.165, 1.54) is 18.2 Å². The SMILES string of the molecule is CNC(c1c(F)cccc1F)c1c(Br)cnn1C(C)C. The lowest BCUT2D eigenvalue weighted by Crippen LogP contribution is -2.25. The average Bonchev–Trinajstić information content (AvgIpc) is 2.76. The molecular formula is C14H16BrF2N3. The first kappa shape index (κ1) is 15.1. The van der Waals surface area contributed by atoms with E-state index in [1.807, 2.05) is 13.8 Å². The fourth-order valence-corrected chi connectivity index (χ4v) is 2.74. The maximum atomic E-state index is 14.0. The number of hydrogen-bond donors (Lipinski definition) is 1. The van der Waals surface area contributed by atoms with Crippen LogP contribution in [0.1, 0.15) is 37.2 Å². The highest BCUT2D eigenvalue weighted by Crippen LogP contribution is 2.32. The van der Waals surface area contributed by atoms with Gasteiger partial charge in [-0.1, -0.05) is 6.07 Å². The van der Waals surface area contributed by atoms with Crippen LogP contribution in [0.3, 0.4) is 0 Å². The Morgan fingerprint density at radius 2 is 1.85 bits per heavy atom. The van der Waals surface area contributed by atoms with E-state index in [1.54, 1.807) is 17.9 Å². The number of nitrogens with zero attached hydrogens (tertiary/aromatic N) is 2. The van der Waals surface area contributed by atoms with E-state index in [-0.39, 0.29) is 11.6 Å². The molecule has 1 unspecified atom stereocenters. The summed E-state index contributed by atoms with van der Waals surface area (Å²) in [7, 11) is 1.67. The van der Waals surface area contributed by atoms with E-state index in [9.17, 15) is 8.78 Å². The Kier molecular flexibility index (Phi) is 4.55. The first-order valence-corrected chi connectivity index (χ1v) is 7.10. The highest BCUT2D eigenvalue weighted by Gasteiger charge is 2.26. The van der Waals surface area contributed by atoms with Crippen molar-refractivity contribution in [1.29, 1.82) is 0 Å². The summed E-state index contributed by atoms with van der Waals surface area (Å²) in [6, 6.07) is 3.34. The van der Waals surface area contributed by atoms with Gasteiger partial charge in [0.15, 0.2) is 0 Å². The fraction of sp³-hybridized carbons (Fsp3) is 0.357. The lowest BCUT2D eigenvalue weighted by atomic mass is 10.0. The summed E-state index contributed by atoms with van der Waals surface area (Å²) in [5.41, 5.74) is 0.699. The van der Waals surface area contributed by atoms with Gasteiger partial charge in [-0.15, -0.1) is 0 Å². The van der Waals surface area contributed by atoms with Crippen molar-refractivity contribution in [2.24, 2.45) is 0 Å². The van der Waals surface area contributed by atoms with Gasteiger partial charge in [-0.25, -0.2) is 8.78 Å². The molecule has 20 heavy (non-hydrogen) atoms. The number of rotatable bonds is 4. The monoisotopic (exact) mass is 343 g/mol. The second-order valence-electron chi connectivity index (χ2n) is 4.77. The molecule has 2 aromatic rings. The lowest BCUT2D eigenvalue weighted by molar-refractivity contribution is 0.461. The topological polar surface area (TPSA) is 29.9 Å². The molecule has 1 N–H and O–H groups in total. The van der Waals surface area contributed by atoms with Gasteiger partial charge in [0.25, 0.3) is 0 Å². The van der Waals surface area contributed by atoms with Crippen molar-refractivity contribution < 1.29 is 8.78 Å². The van der Waals surface area contributed by atoms with Crippen molar-refractivity contribution >= 4 is 15.9 Å². The molecule has 0 radical (unpaired) electrons. The van der Waals surface area contributed by atoms with Crippen molar-refractivity contribution in [3.63, 3.8) is 0 Å². The number of halogens is 3. The Morgan fingerprint density at radius 1 is 1.25 bits per heavy atom. The minimum absolute atomic E-state index is 0.00176. The zero-order chi connectivity index (χ0) is 14.9. The summed E-state index contributed by atoms with van der Waals surface area (Å²) in [4.78, 5) is 0. The van der Waals surface area contributed by atoms with Gasteiger partial charge in [0, 0.05) is 11.6 Å². The van der Waals surface area contributed by atoms with E-state index in [0.29, 0.717) is 10.2 Å². The Hall–Kier alpha value is -1.27. The summed E-state index contributed by atoms with van der Waals surface area (Å²) in [5, 5.41) is 7.22. The van der Waals surface area contributed by atoms with Crippen LogP contribution >= 0.6 is 15.9 Å². The second-order valence-corrected chi connectivity index (χ2v) is 5.63. The van der Waals surface area contributed by atoms with Gasteiger partial charge in [0.1, 0.15) is 11.6 Å². The third-order valence-corrected chi connectivity index (χ3v) is 3.74. The molecular weight excluding hydrogens is 328 g/mol. The van der Waals surface area contributed by atoms with Gasteiger partial charge < -0.3 is 5.32 Å². The van der Waals surface area contributed by atoms with Crippen LogP contribution in [-0.2, 0) is 0 Å². The molecule has 6 heteroatoms. The standard InChI is InChI=1S/C14H16BrF2N3/c1-8(2)20-14(9(15)7-19-20)13(18-3)12-10(16)5-4-6-11(12)17/h4-8,13,18H,1-3H3. The molecule has 1 aromatic carbocycles. The quantitative estimate of drug-likeness (QED) is 0.914. The Morgan fingerprint density at radius 3 is 2.35 bits per heavy atom. The molecule has 0 fully saturated rings. The molecule has 0 aliphatic heterocycles. The van der Waals surface area contributed by atoms with Crippen LogP contribution < -0.4 is 5.32 Å². The zero-order valence-electron chi connectivity index (χ0n) is 11.5. The highest BCUT2D eigenvalue weighted by atomic mass is 79.9. The summed E-state index contributed by atoms with van der Waals surface area (Å²) in [6.07, 6.45) is 1.64. The minimum atomic E-state index is -0.615. The second kappa shape index (κ2) is 6.01. The van der Waals surface area contributed by atoms with Crippen molar-refractivity contribution in [1.82, 2.24) is 15.1 Å². The van der Waals surface area contributed by atoms with E-state index >= 15 is 0 Å². The molecule has 0 amide bonds. The molecule has 0 saturated heterocycles. The third kappa shape index (κ3) is 2.62. The summed E-state index contributed by atoms with van der Waals surface area (Å²) in [5.74, 6) is -1.15. The van der Waals surface area contributed by atoms with Crippen LogP contribution in [0, 0.1) is 11.6 Å². The molecule has 1 atom stereocenters. The molecule has 108 valence electrons. The Balaban J connectivity index is 2.62.